The van der Waals surface area contributed by atoms with Gasteiger partial charge in [-0.15, -0.1) is 5.10 Å². The lowest BCUT2D eigenvalue weighted by atomic mass is 10.0. The molecule has 1 atom stereocenters. The number of rotatable bonds is 1. The van der Waals surface area contributed by atoms with Crippen LogP contribution in [0.2, 0.25) is 0 Å². The van der Waals surface area contributed by atoms with E-state index in [-0.39, 0.29) is 0 Å². The summed E-state index contributed by atoms with van der Waals surface area (Å²) in [4.78, 5) is 7.84. The third-order valence-electron chi connectivity index (χ3n) is 3.08. The molecular weight excluding hydrogens is 220 g/mol. The first-order chi connectivity index (χ1) is 7.72. The minimum absolute atomic E-state index is 0.784. The third-order valence-corrected chi connectivity index (χ3v) is 4.06. The molecule has 0 saturated carbocycles. The maximum absolute atomic E-state index is 4.59. The number of fused-ring (bicyclic) bond motifs is 1. The van der Waals surface area contributed by atoms with Crippen LogP contribution in [-0.4, -0.2) is 27.7 Å². The molecule has 0 bridgehead atoms. The largest absolute Gasteiger partial charge is 0.346 e. The van der Waals surface area contributed by atoms with Gasteiger partial charge in [0.25, 0.3) is 0 Å². The van der Waals surface area contributed by atoms with Crippen LogP contribution in [0.25, 0.3) is 4.96 Å². The molecule has 1 fully saturated rings. The van der Waals surface area contributed by atoms with Gasteiger partial charge in [0.2, 0.25) is 10.1 Å². The summed E-state index contributed by atoms with van der Waals surface area (Å²) in [6.45, 7) is 6.59. The van der Waals surface area contributed by atoms with Gasteiger partial charge < -0.3 is 4.90 Å². The highest BCUT2D eigenvalue weighted by molar-refractivity contribution is 7.20. The molecule has 0 amide bonds. The van der Waals surface area contributed by atoms with Crippen molar-refractivity contribution >= 4 is 21.4 Å². The molecule has 3 heterocycles. The van der Waals surface area contributed by atoms with Crippen molar-refractivity contribution in [2.75, 3.05) is 18.0 Å². The van der Waals surface area contributed by atoms with Crippen LogP contribution in [0.3, 0.4) is 0 Å². The molecule has 4 nitrogen and oxygen atoms in total. The number of anilines is 1. The van der Waals surface area contributed by atoms with Gasteiger partial charge in [-0.3, -0.25) is 0 Å². The summed E-state index contributed by atoms with van der Waals surface area (Å²) in [6.07, 6.45) is 4.61. The van der Waals surface area contributed by atoms with Crippen LogP contribution < -0.4 is 4.90 Å². The lowest BCUT2D eigenvalue weighted by Crippen LogP contribution is -2.34. The Balaban J connectivity index is 1.90. The first-order valence-electron chi connectivity index (χ1n) is 5.80. The predicted molar refractivity (Wildman–Crippen MR) is 66.2 cm³/mol. The Morgan fingerprint density at radius 3 is 3.12 bits per heavy atom. The van der Waals surface area contributed by atoms with Crippen LogP contribution in [0.5, 0.6) is 0 Å². The second-order valence-electron chi connectivity index (χ2n) is 4.69. The predicted octanol–water partition coefficient (Wildman–Crippen LogP) is 2.34. The molecule has 0 aromatic carbocycles. The van der Waals surface area contributed by atoms with Crippen LogP contribution in [0.4, 0.5) is 5.13 Å². The summed E-state index contributed by atoms with van der Waals surface area (Å²) >= 11 is 1.69. The zero-order valence-electron chi connectivity index (χ0n) is 9.68. The van der Waals surface area contributed by atoms with Crippen molar-refractivity contribution in [3.63, 3.8) is 0 Å². The van der Waals surface area contributed by atoms with Gasteiger partial charge in [0.05, 0.1) is 11.9 Å². The molecule has 3 rings (SSSR count). The maximum atomic E-state index is 4.59. The van der Waals surface area contributed by atoms with Crippen LogP contribution >= 0.6 is 11.3 Å². The quantitative estimate of drug-likeness (QED) is 0.762. The maximum Gasteiger partial charge on any atom is 0.214 e. The van der Waals surface area contributed by atoms with Gasteiger partial charge in [-0.1, -0.05) is 18.3 Å². The summed E-state index contributed by atoms with van der Waals surface area (Å²) < 4.78 is 1.90. The Morgan fingerprint density at radius 1 is 1.50 bits per heavy atom. The number of piperidine rings is 1. The van der Waals surface area contributed by atoms with Gasteiger partial charge in [-0.2, -0.15) is 0 Å². The van der Waals surface area contributed by atoms with Gasteiger partial charge in [0, 0.05) is 13.1 Å². The molecule has 1 unspecified atom stereocenters. The van der Waals surface area contributed by atoms with Crippen molar-refractivity contribution in [2.45, 2.75) is 26.7 Å². The zero-order chi connectivity index (χ0) is 11.1. The highest BCUT2D eigenvalue weighted by atomic mass is 32.1. The Labute approximate surface area is 98.9 Å². The van der Waals surface area contributed by atoms with Crippen LogP contribution in [-0.2, 0) is 0 Å². The Bertz CT molecular complexity index is 470. The van der Waals surface area contributed by atoms with E-state index in [4.69, 9.17) is 0 Å². The average molecular weight is 236 g/mol. The molecule has 0 N–H and O–H groups in total. The van der Waals surface area contributed by atoms with Gasteiger partial charge in [0.1, 0.15) is 0 Å². The normalized spacial score (nSPS) is 21.9. The Kier molecular flexibility index (Phi) is 2.35. The minimum Gasteiger partial charge on any atom is -0.346 e. The van der Waals surface area contributed by atoms with E-state index < -0.39 is 0 Å². The van der Waals surface area contributed by atoms with E-state index in [1.54, 1.807) is 11.3 Å². The summed E-state index contributed by atoms with van der Waals surface area (Å²) in [5, 5.41) is 5.71. The fraction of sp³-hybridized carbons (Fsp3) is 0.636. The minimum atomic E-state index is 0.784. The first kappa shape index (κ1) is 10.1. The number of aromatic nitrogens is 3. The van der Waals surface area contributed by atoms with Gasteiger partial charge >= 0.3 is 0 Å². The zero-order valence-corrected chi connectivity index (χ0v) is 10.5. The third kappa shape index (κ3) is 1.69. The standard InChI is InChI=1S/C11H16N4S/c1-8-4-3-5-14(6-8)11-13-15-7-9(2)12-10(15)16-11/h7-8H,3-6H2,1-2H3. The van der Waals surface area contributed by atoms with E-state index in [9.17, 15) is 0 Å². The SMILES string of the molecule is Cc1cn2nc(N3CCCC(C)C3)sc2n1. The molecule has 1 aliphatic heterocycles. The van der Waals surface area contributed by atoms with Crippen LogP contribution in [0.15, 0.2) is 6.20 Å². The fourth-order valence-electron chi connectivity index (χ4n) is 2.29. The van der Waals surface area contributed by atoms with Gasteiger partial charge in [-0.25, -0.2) is 9.50 Å². The van der Waals surface area contributed by atoms with Crippen molar-refractivity contribution < 1.29 is 0 Å². The van der Waals surface area contributed by atoms with E-state index >= 15 is 0 Å². The summed E-state index contributed by atoms with van der Waals surface area (Å²) in [6, 6.07) is 0. The first-order valence-corrected chi connectivity index (χ1v) is 6.62. The molecule has 1 aliphatic rings. The number of hydrogen-bond acceptors (Lipinski definition) is 4. The second-order valence-corrected chi connectivity index (χ2v) is 5.62. The molecule has 2 aromatic rings. The van der Waals surface area contributed by atoms with E-state index in [0.717, 1.165) is 34.8 Å². The number of aryl methyl sites for hydroxylation is 1. The molecule has 0 radical (unpaired) electrons. The van der Waals surface area contributed by atoms with Crippen LogP contribution in [0.1, 0.15) is 25.5 Å². The van der Waals surface area contributed by atoms with Crippen molar-refractivity contribution in [3.8, 4) is 0 Å². The number of nitrogens with zero attached hydrogens (tertiary/aromatic N) is 4. The molecule has 2 aromatic heterocycles. The Hall–Kier alpha value is -1.10. The molecular formula is C11H16N4S. The number of hydrogen-bond donors (Lipinski definition) is 0. The van der Waals surface area contributed by atoms with Crippen molar-refractivity contribution in [3.05, 3.63) is 11.9 Å². The van der Waals surface area contributed by atoms with Crippen molar-refractivity contribution in [1.82, 2.24) is 14.6 Å². The molecule has 5 heteroatoms. The molecule has 16 heavy (non-hydrogen) atoms. The number of imidazole rings is 1. The summed E-state index contributed by atoms with van der Waals surface area (Å²) in [5.74, 6) is 0.784. The van der Waals surface area contributed by atoms with Gasteiger partial charge in [0.15, 0.2) is 0 Å². The molecule has 0 spiro atoms. The lowest BCUT2D eigenvalue weighted by Gasteiger charge is -2.30. The van der Waals surface area contributed by atoms with Gasteiger partial charge in [-0.05, 0) is 25.7 Å². The van der Waals surface area contributed by atoms with Crippen molar-refractivity contribution in [2.24, 2.45) is 5.92 Å². The fourth-order valence-corrected chi connectivity index (χ4v) is 3.25. The van der Waals surface area contributed by atoms with E-state index in [1.807, 2.05) is 17.6 Å². The molecule has 1 saturated heterocycles. The molecule has 86 valence electrons. The summed E-state index contributed by atoms with van der Waals surface area (Å²) in [5.41, 5.74) is 1.04. The van der Waals surface area contributed by atoms with E-state index in [1.165, 1.54) is 12.8 Å². The van der Waals surface area contributed by atoms with E-state index in [0.29, 0.717) is 0 Å². The smallest absolute Gasteiger partial charge is 0.214 e. The second kappa shape index (κ2) is 3.73. The monoisotopic (exact) mass is 236 g/mol. The highest BCUT2D eigenvalue weighted by Gasteiger charge is 2.20. The Morgan fingerprint density at radius 2 is 2.38 bits per heavy atom. The van der Waals surface area contributed by atoms with Crippen molar-refractivity contribution in [1.29, 1.82) is 0 Å². The topological polar surface area (TPSA) is 33.4 Å². The van der Waals surface area contributed by atoms with Crippen LogP contribution in [0, 0.1) is 12.8 Å². The summed E-state index contributed by atoms with van der Waals surface area (Å²) in [7, 11) is 0. The molecule has 0 aliphatic carbocycles. The lowest BCUT2D eigenvalue weighted by molar-refractivity contribution is 0.445. The average Bonchev–Trinajstić information content (AvgIpc) is 2.74. The highest BCUT2D eigenvalue weighted by Crippen LogP contribution is 2.27. The van der Waals surface area contributed by atoms with E-state index in [2.05, 4.69) is 21.9 Å².